The van der Waals surface area contributed by atoms with Gasteiger partial charge in [-0.2, -0.15) is 13.2 Å². The second-order valence-electron chi connectivity index (χ2n) is 8.02. The number of hydrogen-bond donors (Lipinski definition) is 0. The highest BCUT2D eigenvalue weighted by atomic mass is 19.4. The number of hydrogen-bond acceptors (Lipinski definition) is 4. The Morgan fingerprint density at radius 3 is 2.50 bits per heavy atom. The molecule has 0 radical (unpaired) electrons. The van der Waals surface area contributed by atoms with Gasteiger partial charge in [-0.1, -0.05) is 19.3 Å². The standard InChI is InChI=1S/C22H24F3N3O2/c1-12-13(2)28-18-10-9-16(22(23,24)25)11-17(18)19(15-7-5-4-6-8-15)27-21(20(28)26-12)30-14(3)29/h9-11,15,21H,4-8H2,1-3H3. The maximum Gasteiger partial charge on any atom is 0.416 e. The Morgan fingerprint density at radius 1 is 1.17 bits per heavy atom. The number of imidazole rings is 1. The van der Waals surface area contributed by atoms with E-state index in [-0.39, 0.29) is 5.92 Å². The highest BCUT2D eigenvalue weighted by Gasteiger charge is 2.36. The Morgan fingerprint density at radius 2 is 1.87 bits per heavy atom. The van der Waals surface area contributed by atoms with Crippen LogP contribution in [0.25, 0.3) is 5.69 Å². The van der Waals surface area contributed by atoms with Gasteiger partial charge in [-0.25, -0.2) is 9.98 Å². The second kappa shape index (κ2) is 7.56. The summed E-state index contributed by atoms with van der Waals surface area (Å²) in [5, 5.41) is 0. The predicted octanol–water partition coefficient (Wildman–Crippen LogP) is 5.45. The van der Waals surface area contributed by atoms with Gasteiger partial charge in [0.15, 0.2) is 5.82 Å². The smallest absolute Gasteiger partial charge is 0.416 e. The van der Waals surface area contributed by atoms with Gasteiger partial charge in [-0.15, -0.1) is 0 Å². The largest absolute Gasteiger partial charge is 0.432 e. The third-order valence-electron chi connectivity index (χ3n) is 5.96. The monoisotopic (exact) mass is 419 g/mol. The van der Waals surface area contributed by atoms with Gasteiger partial charge in [0.05, 0.1) is 22.7 Å². The number of aryl methyl sites for hydroxylation is 1. The minimum absolute atomic E-state index is 0.0186. The fourth-order valence-corrected chi connectivity index (χ4v) is 4.41. The molecule has 1 atom stereocenters. The van der Waals surface area contributed by atoms with Crippen LogP contribution in [-0.4, -0.2) is 21.2 Å². The average Bonchev–Trinajstić information content (AvgIpc) is 2.91. The number of fused-ring (bicyclic) bond motifs is 3. The van der Waals surface area contributed by atoms with Gasteiger partial charge < -0.3 is 4.74 Å². The van der Waals surface area contributed by atoms with E-state index in [2.05, 4.69) is 4.98 Å². The highest BCUT2D eigenvalue weighted by molar-refractivity contribution is 6.06. The van der Waals surface area contributed by atoms with Crippen molar-refractivity contribution in [3.63, 3.8) is 0 Å². The van der Waals surface area contributed by atoms with Crippen LogP contribution in [0.4, 0.5) is 13.2 Å². The molecule has 8 heteroatoms. The van der Waals surface area contributed by atoms with E-state index in [4.69, 9.17) is 9.73 Å². The molecule has 0 bridgehead atoms. The van der Waals surface area contributed by atoms with Crippen molar-refractivity contribution in [2.24, 2.45) is 10.9 Å². The summed E-state index contributed by atoms with van der Waals surface area (Å²) in [5.74, 6) is -0.0874. The topological polar surface area (TPSA) is 56.5 Å². The summed E-state index contributed by atoms with van der Waals surface area (Å²) >= 11 is 0. The molecule has 0 amide bonds. The molecule has 2 aromatic rings. The number of aromatic nitrogens is 2. The molecule has 0 saturated heterocycles. The quantitative estimate of drug-likeness (QED) is 0.608. The lowest BCUT2D eigenvalue weighted by Gasteiger charge is -2.25. The molecule has 5 nitrogen and oxygen atoms in total. The zero-order valence-electron chi connectivity index (χ0n) is 17.2. The van der Waals surface area contributed by atoms with Crippen LogP contribution in [0.5, 0.6) is 0 Å². The van der Waals surface area contributed by atoms with Crippen molar-refractivity contribution in [3.8, 4) is 5.69 Å². The molecule has 1 aromatic carbocycles. The maximum atomic E-state index is 13.5. The van der Waals surface area contributed by atoms with Crippen LogP contribution in [-0.2, 0) is 15.7 Å². The molecule has 1 saturated carbocycles. The normalized spacial score (nSPS) is 19.5. The van der Waals surface area contributed by atoms with Crippen molar-refractivity contribution in [2.75, 3.05) is 0 Å². The summed E-state index contributed by atoms with van der Waals surface area (Å²) in [4.78, 5) is 21.1. The lowest BCUT2D eigenvalue weighted by Crippen LogP contribution is -2.21. The van der Waals surface area contributed by atoms with Crippen molar-refractivity contribution in [1.82, 2.24) is 9.55 Å². The van der Waals surface area contributed by atoms with Crippen molar-refractivity contribution >= 4 is 11.7 Å². The summed E-state index contributed by atoms with van der Waals surface area (Å²) in [6.07, 6.45) is -0.654. The Bertz CT molecular complexity index is 1020. The van der Waals surface area contributed by atoms with Crippen LogP contribution in [0.15, 0.2) is 23.2 Å². The molecule has 1 aromatic heterocycles. The van der Waals surface area contributed by atoms with E-state index >= 15 is 0 Å². The molecule has 30 heavy (non-hydrogen) atoms. The third kappa shape index (κ3) is 3.63. The van der Waals surface area contributed by atoms with Crippen LogP contribution in [0.2, 0.25) is 0 Å². The van der Waals surface area contributed by atoms with Crippen molar-refractivity contribution in [3.05, 3.63) is 46.5 Å². The number of alkyl halides is 3. The number of rotatable bonds is 2. The second-order valence-corrected chi connectivity index (χ2v) is 8.02. The van der Waals surface area contributed by atoms with E-state index in [0.717, 1.165) is 43.9 Å². The van der Waals surface area contributed by atoms with E-state index in [1.807, 2.05) is 13.8 Å². The number of carbonyl (C=O) groups is 1. The minimum Gasteiger partial charge on any atom is -0.432 e. The van der Waals surface area contributed by atoms with Gasteiger partial charge in [0, 0.05) is 24.1 Å². The van der Waals surface area contributed by atoms with Gasteiger partial charge >= 0.3 is 12.1 Å². The zero-order valence-corrected chi connectivity index (χ0v) is 17.2. The Hall–Kier alpha value is -2.64. The van der Waals surface area contributed by atoms with Crippen LogP contribution in [0.1, 0.15) is 73.6 Å². The molecular weight excluding hydrogens is 395 g/mol. The molecule has 1 aliphatic carbocycles. The number of aliphatic imine (C=N–C) groups is 1. The van der Waals surface area contributed by atoms with E-state index < -0.39 is 23.9 Å². The number of carbonyl (C=O) groups excluding carboxylic acids is 1. The highest BCUT2D eigenvalue weighted by Crippen LogP contribution is 2.39. The van der Waals surface area contributed by atoms with Gasteiger partial charge in [0.25, 0.3) is 6.23 Å². The van der Waals surface area contributed by atoms with Gasteiger partial charge in [0.2, 0.25) is 0 Å². The van der Waals surface area contributed by atoms with Crippen LogP contribution in [0.3, 0.4) is 0 Å². The van der Waals surface area contributed by atoms with E-state index in [1.165, 1.54) is 19.1 Å². The van der Waals surface area contributed by atoms with Crippen molar-refractivity contribution in [1.29, 1.82) is 0 Å². The maximum absolute atomic E-state index is 13.5. The zero-order chi connectivity index (χ0) is 21.6. The first-order valence-electron chi connectivity index (χ1n) is 10.2. The molecule has 0 spiro atoms. The SMILES string of the molecule is CC(=O)OC1N=C(C2CCCCC2)c2cc(C(F)(F)F)ccc2-n2c1nc(C)c2C. The number of halogens is 3. The fraction of sp³-hybridized carbons (Fsp3) is 0.500. The fourth-order valence-electron chi connectivity index (χ4n) is 4.41. The summed E-state index contributed by atoms with van der Waals surface area (Å²) in [5.41, 5.74) is 2.38. The summed E-state index contributed by atoms with van der Waals surface area (Å²) in [6.45, 7) is 4.96. The number of nitrogens with zero attached hydrogens (tertiary/aromatic N) is 3. The Kier molecular flexibility index (Phi) is 5.20. The number of esters is 1. The van der Waals surface area contributed by atoms with E-state index in [0.29, 0.717) is 28.5 Å². The molecule has 1 aliphatic heterocycles. The summed E-state index contributed by atoms with van der Waals surface area (Å²) in [6, 6.07) is 3.74. The minimum atomic E-state index is -4.46. The number of benzene rings is 1. The molecule has 4 rings (SSSR count). The average molecular weight is 419 g/mol. The Labute approximate surface area is 173 Å². The molecular formula is C22H24F3N3O2. The first kappa shape index (κ1) is 20.6. The van der Waals surface area contributed by atoms with Crippen molar-refractivity contribution < 1.29 is 22.7 Å². The van der Waals surface area contributed by atoms with Gasteiger partial charge in [-0.05, 0) is 44.9 Å². The van der Waals surface area contributed by atoms with Gasteiger partial charge in [-0.3, -0.25) is 9.36 Å². The first-order chi connectivity index (χ1) is 14.2. The third-order valence-corrected chi connectivity index (χ3v) is 5.96. The van der Waals surface area contributed by atoms with Crippen LogP contribution >= 0.6 is 0 Å². The Balaban J connectivity index is 1.99. The molecule has 1 unspecified atom stereocenters. The van der Waals surface area contributed by atoms with E-state index in [9.17, 15) is 18.0 Å². The van der Waals surface area contributed by atoms with Crippen LogP contribution < -0.4 is 0 Å². The summed E-state index contributed by atoms with van der Waals surface area (Å²) < 4.78 is 47.8. The first-order valence-corrected chi connectivity index (χ1v) is 10.2. The van der Waals surface area contributed by atoms with Crippen LogP contribution in [0, 0.1) is 19.8 Å². The molecule has 160 valence electrons. The molecule has 1 fully saturated rings. The molecule has 0 N–H and O–H groups in total. The molecule has 2 heterocycles. The van der Waals surface area contributed by atoms with E-state index in [1.54, 1.807) is 4.57 Å². The van der Waals surface area contributed by atoms with Gasteiger partial charge in [0.1, 0.15) is 0 Å². The summed E-state index contributed by atoms with van der Waals surface area (Å²) in [7, 11) is 0. The number of ether oxygens (including phenoxy) is 1. The molecule has 2 aliphatic rings. The predicted molar refractivity (Wildman–Crippen MR) is 106 cm³/mol. The lowest BCUT2D eigenvalue weighted by molar-refractivity contribution is -0.146. The van der Waals surface area contributed by atoms with Crippen molar-refractivity contribution in [2.45, 2.75) is 65.3 Å². The lowest BCUT2D eigenvalue weighted by atomic mass is 9.82.